The van der Waals surface area contributed by atoms with E-state index in [2.05, 4.69) is 19.0 Å². The fourth-order valence-corrected chi connectivity index (χ4v) is 6.89. The van der Waals surface area contributed by atoms with Gasteiger partial charge in [0.15, 0.2) is 9.84 Å². The lowest BCUT2D eigenvalue weighted by Crippen LogP contribution is -2.30. The number of nitrogens with zero attached hydrogens (tertiary/aromatic N) is 1. The van der Waals surface area contributed by atoms with Crippen LogP contribution in [0.2, 0.25) is 0 Å². The number of oxime groups is 1. The van der Waals surface area contributed by atoms with E-state index in [0.717, 1.165) is 12.8 Å². The predicted molar refractivity (Wildman–Crippen MR) is 113 cm³/mol. The highest BCUT2D eigenvalue weighted by atomic mass is 32.2. The fraction of sp³-hybridized carbons (Fsp3) is 0.429. The van der Waals surface area contributed by atoms with E-state index in [9.17, 15) is 22.0 Å². The molecular formula is C21H23NO5S2. The number of hydrogen-bond donors (Lipinski definition) is 1. The first-order valence-corrected chi connectivity index (χ1v) is 12.3. The second-order valence-electron chi connectivity index (χ2n) is 8.62. The van der Waals surface area contributed by atoms with Crippen LogP contribution in [0.4, 0.5) is 0 Å². The Bertz CT molecular complexity index is 1210. The molecule has 8 heteroatoms. The maximum absolute atomic E-state index is 13.2. The molecule has 0 atom stereocenters. The van der Waals surface area contributed by atoms with Gasteiger partial charge in [0.1, 0.15) is 5.71 Å². The number of rotatable bonds is 2. The maximum Gasteiger partial charge on any atom is 0.218 e. The summed E-state index contributed by atoms with van der Waals surface area (Å²) in [4.78, 5) is 0.334. The summed E-state index contributed by atoms with van der Waals surface area (Å²) in [6, 6.07) is 4.79. The van der Waals surface area contributed by atoms with Crippen molar-refractivity contribution in [3.63, 3.8) is 0 Å². The van der Waals surface area contributed by atoms with Crippen molar-refractivity contribution in [2.24, 2.45) is 10.6 Å². The molecule has 1 fully saturated rings. The van der Waals surface area contributed by atoms with Crippen molar-refractivity contribution in [2.45, 2.75) is 56.1 Å². The van der Waals surface area contributed by atoms with Crippen LogP contribution in [0.25, 0.3) is 5.57 Å². The van der Waals surface area contributed by atoms with Crippen molar-refractivity contribution in [2.75, 3.05) is 0 Å². The summed E-state index contributed by atoms with van der Waals surface area (Å²) in [5, 5.41) is 12.5. The van der Waals surface area contributed by atoms with Crippen LogP contribution < -0.4 is 0 Å². The van der Waals surface area contributed by atoms with Crippen molar-refractivity contribution >= 4 is 36.3 Å². The lowest BCUT2D eigenvalue weighted by atomic mass is 9.77. The van der Waals surface area contributed by atoms with Gasteiger partial charge < -0.3 is 5.21 Å². The summed E-state index contributed by atoms with van der Waals surface area (Å²) in [7, 11) is -5.99. The first-order chi connectivity index (χ1) is 13.7. The van der Waals surface area contributed by atoms with Gasteiger partial charge in [-0.25, -0.2) is 8.42 Å². The van der Waals surface area contributed by atoms with Crippen molar-refractivity contribution in [1.29, 1.82) is 0 Å². The van der Waals surface area contributed by atoms with Crippen LogP contribution in [-0.4, -0.2) is 37.9 Å². The second kappa shape index (κ2) is 6.95. The van der Waals surface area contributed by atoms with Gasteiger partial charge in [0.2, 0.25) is 10.3 Å². The molecule has 3 aliphatic carbocycles. The molecule has 1 saturated carbocycles. The Morgan fingerprint density at radius 1 is 1.14 bits per heavy atom. The molecule has 4 rings (SSSR count). The minimum atomic E-state index is -3.53. The zero-order valence-corrected chi connectivity index (χ0v) is 18.0. The van der Waals surface area contributed by atoms with E-state index in [0.29, 0.717) is 35.1 Å². The smallest absolute Gasteiger partial charge is 0.218 e. The molecule has 0 saturated heterocycles. The predicted octanol–water partition coefficient (Wildman–Crippen LogP) is 3.39. The van der Waals surface area contributed by atoms with E-state index >= 15 is 0 Å². The third-order valence-corrected chi connectivity index (χ3v) is 9.30. The van der Waals surface area contributed by atoms with Crippen LogP contribution >= 0.6 is 0 Å². The van der Waals surface area contributed by atoms with Crippen molar-refractivity contribution in [3.8, 4) is 0 Å². The molecule has 0 radical (unpaired) electrons. The summed E-state index contributed by atoms with van der Waals surface area (Å²) in [6.07, 6.45) is 6.71. The highest BCUT2D eigenvalue weighted by Gasteiger charge is 2.37. The van der Waals surface area contributed by atoms with Crippen molar-refractivity contribution in [1.82, 2.24) is 0 Å². The van der Waals surface area contributed by atoms with E-state index in [1.165, 1.54) is 6.07 Å². The third kappa shape index (κ3) is 3.28. The van der Waals surface area contributed by atoms with Crippen LogP contribution in [0.1, 0.15) is 57.1 Å². The average molecular weight is 434 g/mol. The quantitative estimate of drug-likeness (QED) is 0.438. The van der Waals surface area contributed by atoms with E-state index in [4.69, 9.17) is 0 Å². The molecule has 0 spiro atoms. The van der Waals surface area contributed by atoms with Gasteiger partial charge in [-0.1, -0.05) is 37.2 Å². The average Bonchev–Trinajstić information content (AvgIpc) is 3.00. The summed E-state index contributed by atoms with van der Waals surface area (Å²) in [6.45, 7) is 4.32. The minimum absolute atomic E-state index is 0.111. The summed E-state index contributed by atoms with van der Waals surface area (Å²) in [5.74, 6) is 0. The highest BCUT2D eigenvalue weighted by molar-refractivity contribution is 7.92. The molecule has 0 unspecified atom stereocenters. The molecule has 0 heterocycles. The monoisotopic (exact) mass is 433 g/mol. The molecule has 1 aromatic rings. The SMILES string of the molecule is CC1(C)CCC(S(=O)(=O)c2ccc3c(c2)C(=NO)C2=C3C=CCC2=S(=O)=O)CC1. The Morgan fingerprint density at radius 2 is 1.83 bits per heavy atom. The molecule has 0 aliphatic heterocycles. The molecular weight excluding hydrogens is 410 g/mol. The Hall–Kier alpha value is -2.19. The normalized spacial score (nSPS) is 22.7. The number of benzene rings is 1. The van der Waals surface area contributed by atoms with Gasteiger partial charge in [-0.15, -0.1) is 0 Å². The first-order valence-electron chi connectivity index (χ1n) is 9.63. The van der Waals surface area contributed by atoms with Gasteiger partial charge in [-0.05, 0) is 54.4 Å². The molecule has 0 bridgehead atoms. The lowest BCUT2D eigenvalue weighted by Gasteiger charge is -2.34. The topological polar surface area (TPSA) is 101 Å². The minimum Gasteiger partial charge on any atom is -0.410 e. The first kappa shape index (κ1) is 20.1. The van der Waals surface area contributed by atoms with Crippen molar-refractivity contribution in [3.05, 3.63) is 47.1 Å². The lowest BCUT2D eigenvalue weighted by molar-refractivity contribution is 0.246. The number of fused-ring (bicyclic) bond motifs is 2. The van der Waals surface area contributed by atoms with Crippen LogP contribution in [-0.2, 0) is 20.1 Å². The zero-order chi connectivity index (χ0) is 21.0. The zero-order valence-electron chi connectivity index (χ0n) is 16.3. The number of hydrogen-bond acceptors (Lipinski definition) is 6. The van der Waals surface area contributed by atoms with E-state index in [1.54, 1.807) is 24.3 Å². The molecule has 3 aliphatic rings. The van der Waals surface area contributed by atoms with E-state index in [1.807, 2.05) is 0 Å². The summed E-state index contributed by atoms with van der Waals surface area (Å²) < 4.78 is 49.8. The summed E-state index contributed by atoms with van der Waals surface area (Å²) in [5.41, 5.74) is 2.39. The van der Waals surface area contributed by atoms with Crippen LogP contribution in [0.3, 0.4) is 0 Å². The van der Waals surface area contributed by atoms with Crippen LogP contribution in [0.5, 0.6) is 0 Å². The van der Waals surface area contributed by atoms with Crippen molar-refractivity contribution < 1.29 is 22.0 Å². The molecule has 1 N–H and O–H groups in total. The largest absolute Gasteiger partial charge is 0.410 e. The van der Waals surface area contributed by atoms with Gasteiger partial charge >= 0.3 is 0 Å². The molecule has 0 amide bonds. The van der Waals surface area contributed by atoms with Crippen LogP contribution in [0.15, 0.2) is 46.0 Å². The van der Waals surface area contributed by atoms with Crippen LogP contribution in [0, 0.1) is 5.41 Å². The molecule has 1 aromatic carbocycles. The number of allylic oxidation sites excluding steroid dienone is 4. The Kier molecular flexibility index (Phi) is 4.82. The maximum atomic E-state index is 13.2. The summed E-state index contributed by atoms with van der Waals surface area (Å²) >= 11 is 0. The standard InChI is InChI=1S/C21H23NO5S2/c1-21(2)10-8-13(9-11-21)29(26,27)14-6-7-15-16-4-3-5-18(28(24)25)19(16)20(22-23)17(15)12-14/h3-4,6-7,12-13,23H,5,8-11H2,1-2H3. The van der Waals surface area contributed by atoms with Gasteiger partial charge in [0.05, 0.1) is 15.0 Å². The third-order valence-electron chi connectivity index (χ3n) is 6.26. The van der Waals surface area contributed by atoms with E-state index in [-0.39, 0.29) is 27.3 Å². The van der Waals surface area contributed by atoms with E-state index < -0.39 is 25.4 Å². The number of sulfone groups is 1. The van der Waals surface area contributed by atoms with Gasteiger partial charge in [0, 0.05) is 17.6 Å². The fourth-order valence-electron chi connectivity index (χ4n) is 4.50. The Labute approximate surface area is 172 Å². The molecule has 0 aromatic heterocycles. The molecule has 6 nitrogen and oxygen atoms in total. The van der Waals surface area contributed by atoms with Gasteiger partial charge in [-0.2, -0.15) is 8.42 Å². The Balaban J connectivity index is 1.77. The Morgan fingerprint density at radius 3 is 2.45 bits per heavy atom. The molecule has 29 heavy (non-hydrogen) atoms. The van der Waals surface area contributed by atoms with Gasteiger partial charge in [0.25, 0.3) is 0 Å². The highest BCUT2D eigenvalue weighted by Crippen LogP contribution is 2.42. The molecule has 154 valence electrons. The second-order valence-corrected chi connectivity index (χ2v) is 11.8. The van der Waals surface area contributed by atoms with Gasteiger partial charge in [-0.3, -0.25) is 0 Å².